The maximum atomic E-state index is 2.81. The zero-order chi connectivity index (χ0) is 12.7. The molecular formula is C17H24N2. The molecule has 2 aliphatic heterocycles. The Balaban J connectivity index is 1.55. The highest BCUT2D eigenvalue weighted by atomic mass is 15.3. The third-order valence-electron chi connectivity index (χ3n) is 5.33. The minimum Gasteiger partial charge on any atom is -0.367 e. The van der Waals surface area contributed by atoms with Crippen LogP contribution in [0.15, 0.2) is 24.3 Å². The summed E-state index contributed by atoms with van der Waals surface area (Å²) >= 11 is 0. The lowest BCUT2D eigenvalue weighted by Gasteiger charge is -2.31. The molecular weight excluding hydrogens is 232 g/mol. The standard InChI is InChI=1S/C17H24N2/c1-4-9-17-14(6-1)12-16-13-18(10-5-11-19(16)17)15-7-2-3-8-15/h1,4,6,9,15-16H,2-3,5,7-8,10-13H2. The second-order valence-electron chi connectivity index (χ2n) is 6.47. The summed E-state index contributed by atoms with van der Waals surface area (Å²) in [7, 11) is 0. The average molecular weight is 256 g/mol. The van der Waals surface area contributed by atoms with Gasteiger partial charge in [-0.25, -0.2) is 0 Å². The predicted molar refractivity (Wildman–Crippen MR) is 79.7 cm³/mol. The maximum Gasteiger partial charge on any atom is 0.0458 e. The summed E-state index contributed by atoms with van der Waals surface area (Å²) in [5.74, 6) is 0. The zero-order valence-corrected chi connectivity index (χ0v) is 11.7. The molecule has 0 radical (unpaired) electrons. The van der Waals surface area contributed by atoms with Crippen molar-refractivity contribution in [2.24, 2.45) is 0 Å². The van der Waals surface area contributed by atoms with Gasteiger partial charge < -0.3 is 4.90 Å². The Morgan fingerprint density at radius 1 is 0.895 bits per heavy atom. The normalized spacial score (nSPS) is 28.2. The minimum atomic E-state index is 0.737. The molecule has 0 bridgehead atoms. The molecule has 4 rings (SSSR count). The van der Waals surface area contributed by atoms with E-state index < -0.39 is 0 Å². The van der Waals surface area contributed by atoms with Crippen LogP contribution < -0.4 is 4.90 Å². The number of fused-ring (bicyclic) bond motifs is 3. The molecule has 1 aromatic rings. The summed E-state index contributed by atoms with van der Waals surface area (Å²) in [6.45, 7) is 3.87. The van der Waals surface area contributed by atoms with E-state index in [0.29, 0.717) is 0 Å². The van der Waals surface area contributed by atoms with Gasteiger partial charge in [0.15, 0.2) is 0 Å². The van der Waals surface area contributed by atoms with Gasteiger partial charge in [0.25, 0.3) is 0 Å². The lowest BCUT2D eigenvalue weighted by Crippen LogP contribution is -2.42. The van der Waals surface area contributed by atoms with Gasteiger partial charge in [-0.15, -0.1) is 0 Å². The van der Waals surface area contributed by atoms with Gasteiger partial charge in [0, 0.05) is 37.4 Å². The fraction of sp³-hybridized carbons (Fsp3) is 0.647. The van der Waals surface area contributed by atoms with Gasteiger partial charge in [0.05, 0.1) is 0 Å². The highest BCUT2D eigenvalue weighted by Gasteiger charge is 2.34. The van der Waals surface area contributed by atoms with Gasteiger partial charge in [0.1, 0.15) is 0 Å². The number of rotatable bonds is 1. The van der Waals surface area contributed by atoms with Gasteiger partial charge in [-0.3, -0.25) is 4.90 Å². The van der Waals surface area contributed by atoms with E-state index in [1.807, 2.05) is 0 Å². The van der Waals surface area contributed by atoms with Crippen molar-refractivity contribution in [3.63, 3.8) is 0 Å². The van der Waals surface area contributed by atoms with Crippen LogP contribution in [0.2, 0.25) is 0 Å². The minimum absolute atomic E-state index is 0.737. The van der Waals surface area contributed by atoms with Crippen LogP contribution in [-0.2, 0) is 6.42 Å². The Bertz CT molecular complexity index is 450. The Labute approximate surface area is 116 Å². The first-order valence-electron chi connectivity index (χ1n) is 8.00. The van der Waals surface area contributed by atoms with Crippen molar-refractivity contribution < 1.29 is 0 Å². The molecule has 2 heterocycles. The first-order chi connectivity index (χ1) is 9.42. The summed E-state index contributed by atoms with van der Waals surface area (Å²) in [6, 6.07) is 10.7. The summed E-state index contributed by atoms with van der Waals surface area (Å²) in [6.07, 6.45) is 8.39. The van der Waals surface area contributed by atoms with Gasteiger partial charge >= 0.3 is 0 Å². The molecule has 19 heavy (non-hydrogen) atoms. The van der Waals surface area contributed by atoms with Gasteiger partial charge in [-0.05, 0) is 37.3 Å². The lowest BCUT2D eigenvalue weighted by molar-refractivity contribution is 0.198. The molecule has 0 amide bonds. The monoisotopic (exact) mass is 256 g/mol. The molecule has 1 saturated carbocycles. The van der Waals surface area contributed by atoms with Crippen LogP contribution in [-0.4, -0.2) is 36.6 Å². The van der Waals surface area contributed by atoms with Crippen LogP contribution in [0.25, 0.3) is 0 Å². The molecule has 1 saturated heterocycles. The molecule has 0 spiro atoms. The third kappa shape index (κ3) is 2.06. The summed E-state index contributed by atoms with van der Waals surface area (Å²) < 4.78 is 0. The molecule has 102 valence electrons. The molecule has 2 fully saturated rings. The first-order valence-corrected chi connectivity index (χ1v) is 8.00. The van der Waals surface area contributed by atoms with E-state index >= 15 is 0 Å². The molecule has 1 aromatic carbocycles. The molecule has 0 aromatic heterocycles. The van der Waals surface area contributed by atoms with Crippen molar-refractivity contribution in [2.75, 3.05) is 24.5 Å². The Morgan fingerprint density at radius 3 is 2.63 bits per heavy atom. The Morgan fingerprint density at radius 2 is 1.74 bits per heavy atom. The summed E-state index contributed by atoms with van der Waals surface area (Å²) in [5.41, 5.74) is 3.08. The molecule has 1 atom stereocenters. The number of nitrogens with zero attached hydrogens (tertiary/aromatic N) is 2. The van der Waals surface area contributed by atoms with E-state index in [1.165, 1.54) is 63.8 Å². The largest absolute Gasteiger partial charge is 0.367 e. The molecule has 1 aliphatic carbocycles. The first kappa shape index (κ1) is 11.8. The second-order valence-corrected chi connectivity index (χ2v) is 6.47. The molecule has 0 N–H and O–H groups in total. The number of benzene rings is 1. The second kappa shape index (κ2) is 4.82. The van der Waals surface area contributed by atoms with E-state index in [0.717, 1.165) is 12.1 Å². The predicted octanol–water partition coefficient (Wildman–Crippen LogP) is 3.07. The van der Waals surface area contributed by atoms with Crippen LogP contribution in [0, 0.1) is 0 Å². The van der Waals surface area contributed by atoms with Crippen molar-refractivity contribution >= 4 is 5.69 Å². The quantitative estimate of drug-likeness (QED) is 0.762. The van der Waals surface area contributed by atoms with Crippen LogP contribution in [0.3, 0.4) is 0 Å². The SMILES string of the molecule is c1ccc2c(c1)CC1CN(C3CCCC3)CCCN21. The number of hydrogen-bond acceptors (Lipinski definition) is 2. The van der Waals surface area contributed by atoms with Gasteiger partial charge in [-0.2, -0.15) is 0 Å². The summed E-state index contributed by atoms with van der Waals surface area (Å²) in [4.78, 5) is 5.49. The van der Waals surface area contributed by atoms with E-state index in [2.05, 4.69) is 34.1 Å². The highest BCUT2D eigenvalue weighted by molar-refractivity contribution is 5.59. The van der Waals surface area contributed by atoms with Crippen molar-refractivity contribution in [1.82, 2.24) is 4.90 Å². The molecule has 2 nitrogen and oxygen atoms in total. The summed E-state index contributed by atoms with van der Waals surface area (Å²) in [5, 5.41) is 0. The highest BCUT2D eigenvalue weighted by Crippen LogP contribution is 2.35. The van der Waals surface area contributed by atoms with Crippen LogP contribution in [0.5, 0.6) is 0 Å². The molecule has 3 aliphatic rings. The van der Waals surface area contributed by atoms with E-state index in [1.54, 1.807) is 5.56 Å². The Hall–Kier alpha value is -1.02. The van der Waals surface area contributed by atoms with Crippen LogP contribution in [0.1, 0.15) is 37.7 Å². The van der Waals surface area contributed by atoms with Crippen molar-refractivity contribution in [3.8, 4) is 0 Å². The molecule has 1 unspecified atom stereocenters. The van der Waals surface area contributed by atoms with E-state index in [4.69, 9.17) is 0 Å². The van der Waals surface area contributed by atoms with Crippen molar-refractivity contribution in [1.29, 1.82) is 0 Å². The van der Waals surface area contributed by atoms with Gasteiger partial charge in [-0.1, -0.05) is 31.0 Å². The fourth-order valence-electron chi connectivity index (χ4n) is 4.40. The zero-order valence-electron chi connectivity index (χ0n) is 11.7. The lowest BCUT2D eigenvalue weighted by atomic mass is 10.1. The topological polar surface area (TPSA) is 6.48 Å². The van der Waals surface area contributed by atoms with E-state index in [9.17, 15) is 0 Å². The number of anilines is 1. The Kier molecular flexibility index (Phi) is 2.99. The average Bonchev–Trinajstić information content (AvgIpc) is 3.02. The third-order valence-corrected chi connectivity index (χ3v) is 5.33. The maximum absolute atomic E-state index is 2.81. The fourth-order valence-corrected chi connectivity index (χ4v) is 4.40. The van der Waals surface area contributed by atoms with Crippen LogP contribution in [0.4, 0.5) is 5.69 Å². The number of hydrogen-bond donors (Lipinski definition) is 0. The van der Waals surface area contributed by atoms with Crippen molar-refractivity contribution in [2.45, 2.75) is 50.6 Å². The molecule has 2 heteroatoms. The number of para-hydroxylation sites is 1. The van der Waals surface area contributed by atoms with Gasteiger partial charge in [0.2, 0.25) is 0 Å². The van der Waals surface area contributed by atoms with E-state index in [-0.39, 0.29) is 0 Å². The van der Waals surface area contributed by atoms with Crippen molar-refractivity contribution in [3.05, 3.63) is 29.8 Å². The van der Waals surface area contributed by atoms with Crippen LogP contribution >= 0.6 is 0 Å². The smallest absolute Gasteiger partial charge is 0.0458 e.